The van der Waals surface area contributed by atoms with E-state index in [0.717, 1.165) is 19.4 Å². The molecule has 0 bridgehead atoms. The molecule has 5 atom stereocenters. The van der Waals surface area contributed by atoms with Gasteiger partial charge in [0, 0.05) is 6.61 Å². The summed E-state index contributed by atoms with van der Waals surface area (Å²) in [7, 11) is 0. The second-order valence-corrected chi connectivity index (χ2v) is 4.22. The van der Waals surface area contributed by atoms with E-state index in [1.165, 1.54) is 0 Å². The predicted octanol–water partition coefficient (Wildman–Crippen LogP) is -1.38. The Hall–Kier alpha value is -0.240. The highest BCUT2D eigenvalue weighted by Gasteiger charge is 2.38. The Morgan fingerprint density at radius 2 is 1.81 bits per heavy atom. The molecular formula is C10H18O6. The lowest BCUT2D eigenvalue weighted by Gasteiger charge is -2.34. The van der Waals surface area contributed by atoms with Gasteiger partial charge in [-0.05, 0) is 12.8 Å². The Morgan fingerprint density at radius 1 is 1.06 bits per heavy atom. The van der Waals surface area contributed by atoms with Gasteiger partial charge in [0.2, 0.25) is 0 Å². The van der Waals surface area contributed by atoms with E-state index >= 15 is 0 Å². The van der Waals surface area contributed by atoms with Crippen molar-refractivity contribution in [3.63, 3.8) is 0 Å². The lowest BCUT2D eigenvalue weighted by atomic mass is 10.1. The van der Waals surface area contributed by atoms with Gasteiger partial charge in [-0.1, -0.05) is 0 Å². The summed E-state index contributed by atoms with van der Waals surface area (Å²) in [4.78, 5) is 0. The summed E-state index contributed by atoms with van der Waals surface area (Å²) in [6.45, 7) is 1.26. The Bertz CT molecular complexity index is 219. The molecule has 6 heteroatoms. The van der Waals surface area contributed by atoms with Crippen LogP contribution in [0.25, 0.3) is 0 Å². The maximum atomic E-state index is 9.54. The van der Waals surface area contributed by atoms with Gasteiger partial charge in [-0.2, -0.15) is 0 Å². The first kappa shape index (κ1) is 12.2. The molecule has 0 aromatic rings. The lowest BCUT2D eigenvalue weighted by Crippen LogP contribution is -2.53. The Morgan fingerprint density at radius 3 is 2.50 bits per heavy atom. The second kappa shape index (κ2) is 5.39. The van der Waals surface area contributed by atoms with Crippen LogP contribution in [0.1, 0.15) is 12.8 Å². The van der Waals surface area contributed by atoms with Crippen LogP contribution in [0.5, 0.6) is 0 Å². The fourth-order valence-electron chi connectivity index (χ4n) is 1.67. The SMILES string of the molecule is O[C@@H]1[C@@H](O)[C@H](OCCC[C@@H]2CO2)OC[C@H]1O. The van der Waals surface area contributed by atoms with E-state index in [1.807, 2.05) is 0 Å². The van der Waals surface area contributed by atoms with Crippen molar-refractivity contribution in [2.24, 2.45) is 0 Å². The van der Waals surface area contributed by atoms with Crippen LogP contribution >= 0.6 is 0 Å². The molecule has 0 saturated carbocycles. The van der Waals surface area contributed by atoms with Gasteiger partial charge in [-0.3, -0.25) is 0 Å². The number of ether oxygens (including phenoxy) is 3. The zero-order valence-corrected chi connectivity index (χ0v) is 8.99. The number of rotatable bonds is 5. The first-order valence-corrected chi connectivity index (χ1v) is 5.57. The van der Waals surface area contributed by atoms with Crippen molar-refractivity contribution < 1.29 is 29.5 Å². The third-order valence-corrected chi connectivity index (χ3v) is 2.81. The fraction of sp³-hybridized carbons (Fsp3) is 1.00. The zero-order valence-electron chi connectivity index (χ0n) is 8.99. The van der Waals surface area contributed by atoms with Crippen molar-refractivity contribution in [3.8, 4) is 0 Å². The van der Waals surface area contributed by atoms with Gasteiger partial charge in [0.25, 0.3) is 0 Å². The van der Waals surface area contributed by atoms with E-state index in [4.69, 9.17) is 14.2 Å². The van der Waals surface area contributed by atoms with Gasteiger partial charge in [0.1, 0.15) is 18.3 Å². The van der Waals surface area contributed by atoms with Crippen molar-refractivity contribution in [2.45, 2.75) is 43.5 Å². The van der Waals surface area contributed by atoms with Crippen molar-refractivity contribution >= 4 is 0 Å². The number of hydrogen-bond acceptors (Lipinski definition) is 6. The van der Waals surface area contributed by atoms with Crippen LogP contribution < -0.4 is 0 Å². The molecule has 2 rings (SSSR count). The van der Waals surface area contributed by atoms with Crippen LogP contribution in [-0.2, 0) is 14.2 Å². The first-order chi connectivity index (χ1) is 7.68. The molecule has 2 aliphatic heterocycles. The van der Waals surface area contributed by atoms with Crippen LogP contribution in [-0.4, -0.2) is 65.8 Å². The van der Waals surface area contributed by atoms with Gasteiger partial charge in [-0.15, -0.1) is 0 Å². The van der Waals surface area contributed by atoms with Crippen LogP contribution in [0.3, 0.4) is 0 Å². The van der Waals surface area contributed by atoms with E-state index in [2.05, 4.69) is 0 Å². The second-order valence-electron chi connectivity index (χ2n) is 4.22. The van der Waals surface area contributed by atoms with Crippen LogP contribution in [0.15, 0.2) is 0 Å². The van der Waals surface area contributed by atoms with Gasteiger partial charge in [0.05, 0.1) is 19.3 Å². The summed E-state index contributed by atoms with van der Waals surface area (Å²) in [5, 5.41) is 28.1. The molecule has 0 aromatic heterocycles. The summed E-state index contributed by atoms with van der Waals surface area (Å²) >= 11 is 0. The minimum absolute atomic E-state index is 0.0192. The average molecular weight is 234 g/mol. The Balaban J connectivity index is 1.63. The van der Waals surface area contributed by atoms with Gasteiger partial charge < -0.3 is 29.5 Å². The van der Waals surface area contributed by atoms with Crippen molar-refractivity contribution in [2.75, 3.05) is 19.8 Å². The third-order valence-electron chi connectivity index (χ3n) is 2.81. The molecule has 0 unspecified atom stereocenters. The normalized spacial score (nSPS) is 43.3. The van der Waals surface area contributed by atoms with Crippen LogP contribution in [0, 0.1) is 0 Å². The zero-order chi connectivity index (χ0) is 11.5. The standard InChI is InChI=1S/C10H18O6/c11-7-5-16-10(9(13)8(7)12)14-3-1-2-6-4-15-6/h6-13H,1-5H2/t6-,7-,8+,9-,10-/m1/s1. The largest absolute Gasteiger partial charge is 0.388 e. The molecular weight excluding hydrogens is 216 g/mol. The van der Waals surface area contributed by atoms with E-state index in [0.29, 0.717) is 12.7 Å². The Labute approximate surface area is 93.7 Å². The van der Waals surface area contributed by atoms with Crippen molar-refractivity contribution in [3.05, 3.63) is 0 Å². The molecule has 2 aliphatic rings. The highest BCUT2D eigenvalue weighted by atomic mass is 16.7. The molecule has 0 aromatic carbocycles. The van der Waals surface area contributed by atoms with Crippen LogP contribution in [0.4, 0.5) is 0 Å². The smallest absolute Gasteiger partial charge is 0.186 e. The molecule has 0 amide bonds. The fourth-order valence-corrected chi connectivity index (χ4v) is 1.67. The molecule has 2 saturated heterocycles. The van der Waals surface area contributed by atoms with Crippen molar-refractivity contribution in [1.29, 1.82) is 0 Å². The summed E-state index contributed by atoms with van der Waals surface area (Å²) in [5.74, 6) is 0. The number of hydrogen-bond donors (Lipinski definition) is 3. The summed E-state index contributed by atoms with van der Waals surface area (Å²) in [5.41, 5.74) is 0. The highest BCUT2D eigenvalue weighted by molar-refractivity contribution is 4.82. The van der Waals surface area contributed by atoms with Crippen LogP contribution in [0.2, 0.25) is 0 Å². The number of epoxide rings is 1. The first-order valence-electron chi connectivity index (χ1n) is 5.57. The van der Waals surface area contributed by atoms with Gasteiger partial charge in [-0.25, -0.2) is 0 Å². The molecule has 0 aliphatic carbocycles. The predicted molar refractivity (Wildman–Crippen MR) is 52.7 cm³/mol. The minimum atomic E-state index is -1.20. The van der Waals surface area contributed by atoms with E-state index < -0.39 is 24.6 Å². The lowest BCUT2D eigenvalue weighted by molar-refractivity contribution is -0.270. The van der Waals surface area contributed by atoms with E-state index in [-0.39, 0.29) is 6.61 Å². The highest BCUT2D eigenvalue weighted by Crippen LogP contribution is 2.18. The van der Waals surface area contributed by atoms with Gasteiger partial charge >= 0.3 is 0 Å². The number of aliphatic hydroxyl groups is 3. The average Bonchev–Trinajstić information content (AvgIpc) is 3.08. The molecule has 2 fully saturated rings. The van der Waals surface area contributed by atoms with E-state index in [1.54, 1.807) is 0 Å². The Kier molecular flexibility index (Phi) is 4.12. The molecule has 0 radical (unpaired) electrons. The molecule has 0 spiro atoms. The topological polar surface area (TPSA) is 91.7 Å². The third kappa shape index (κ3) is 3.13. The van der Waals surface area contributed by atoms with Crippen molar-refractivity contribution in [1.82, 2.24) is 0 Å². The van der Waals surface area contributed by atoms with E-state index in [9.17, 15) is 15.3 Å². The molecule has 2 heterocycles. The minimum Gasteiger partial charge on any atom is -0.388 e. The molecule has 6 nitrogen and oxygen atoms in total. The molecule has 94 valence electrons. The maximum Gasteiger partial charge on any atom is 0.186 e. The molecule has 16 heavy (non-hydrogen) atoms. The molecule has 3 N–H and O–H groups in total. The monoisotopic (exact) mass is 234 g/mol. The summed E-state index contributed by atoms with van der Waals surface area (Å²) in [6.07, 6.45) is -2.16. The quantitative estimate of drug-likeness (QED) is 0.401. The number of aliphatic hydroxyl groups excluding tert-OH is 3. The summed E-state index contributed by atoms with van der Waals surface area (Å²) < 4.78 is 15.4. The maximum absolute atomic E-state index is 9.54. The summed E-state index contributed by atoms with van der Waals surface area (Å²) in [6, 6.07) is 0. The van der Waals surface area contributed by atoms with Gasteiger partial charge in [0.15, 0.2) is 6.29 Å².